The van der Waals surface area contributed by atoms with E-state index in [2.05, 4.69) is 20.8 Å². The molecule has 3 nitrogen and oxygen atoms in total. The number of rotatable bonds is 3. The third-order valence-electron chi connectivity index (χ3n) is 3.12. The Morgan fingerprint density at radius 1 is 1.40 bits per heavy atom. The number of esters is 1. The monoisotopic (exact) mass is 294 g/mol. The SMILES string of the molecule is CCCC(=O)Oc1cc2c(cc1C(C)(C)C)OC(C)S2. The fourth-order valence-corrected chi connectivity index (χ4v) is 3.06. The lowest BCUT2D eigenvalue weighted by molar-refractivity contribution is -0.134. The molecular weight excluding hydrogens is 272 g/mol. The van der Waals surface area contributed by atoms with Crippen LogP contribution < -0.4 is 9.47 Å². The summed E-state index contributed by atoms with van der Waals surface area (Å²) >= 11 is 1.65. The van der Waals surface area contributed by atoms with Gasteiger partial charge in [-0.15, -0.1) is 0 Å². The maximum Gasteiger partial charge on any atom is 0.311 e. The molecule has 0 saturated carbocycles. The molecule has 1 unspecified atom stereocenters. The lowest BCUT2D eigenvalue weighted by Gasteiger charge is -2.23. The number of carbonyl (C=O) groups is 1. The first-order chi connectivity index (χ1) is 9.31. The molecule has 0 saturated heterocycles. The van der Waals surface area contributed by atoms with Gasteiger partial charge < -0.3 is 9.47 Å². The third-order valence-corrected chi connectivity index (χ3v) is 4.12. The summed E-state index contributed by atoms with van der Waals surface area (Å²) in [5, 5.41) is 0. The molecule has 1 aliphatic rings. The van der Waals surface area contributed by atoms with Gasteiger partial charge in [0.2, 0.25) is 0 Å². The normalized spacial score (nSPS) is 17.6. The van der Waals surface area contributed by atoms with Gasteiger partial charge in [0, 0.05) is 12.0 Å². The minimum absolute atomic E-state index is 0.100. The average Bonchev–Trinajstić information content (AvgIpc) is 2.66. The zero-order valence-electron chi connectivity index (χ0n) is 12.8. The van der Waals surface area contributed by atoms with E-state index < -0.39 is 0 Å². The van der Waals surface area contributed by atoms with Gasteiger partial charge in [-0.25, -0.2) is 0 Å². The first-order valence-corrected chi connectivity index (χ1v) is 7.91. The molecule has 0 amide bonds. The van der Waals surface area contributed by atoms with Crippen molar-refractivity contribution in [3.63, 3.8) is 0 Å². The molecule has 4 heteroatoms. The van der Waals surface area contributed by atoms with Crippen molar-refractivity contribution in [1.29, 1.82) is 0 Å². The van der Waals surface area contributed by atoms with E-state index in [-0.39, 0.29) is 16.8 Å². The molecule has 1 atom stereocenters. The van der Waals surface area contributed by atoms with E-state index in [0.29, 0.717) is 12.2 Å². The number of carbonyl (C=O) groups excluding carboxylic acids is 1. The van der Waals surface area contributed by atoms with Crippen LogP contribution in [-0.2, 0) is 10.2 Å². The minimum atomic E-state index is -0.171. The Labute approximate surface area is 125 Å². The summed E-state index contributed by atoms with van der Waals surface area (Å²) in [5.74, 6) is 1.39. The summed E-state index contributed by atoms with van der Waals surface area (Å²) in [6.07, 6.45) is 1.24. The Balaban J connectivity index is 2.38. The van der Waals surface area contributed by atoms with Gasteiger partial charge in [-0.1, -0.05) is 39.5 Å². The Morgan fingerprint density at radius 3 is 2.70 bits per heavy atom. The number of ether oxygens (including phenoxy) is 2. The Morgan fingerprint density at radius 2 is 2.10 bits per heavy atom. The van der Waals surface area contributed by atoms with Gasteiger partial charge in [0.1, 0.15) is 16.9 Å². The largest absolute Gasteiger partial charge is 0.479 e. The van der Waals surface area contributed by atoms with Crippen LogP contribution >= 0.6 is 11.8 Å². The topological polar surface area (TPSA) is 35.5 Å². The van der Waals surface area contributed by atoms with Crippen LogP contribution in [-0.4, -0.2) is 11.4 Å². The quantitative estimate of drug-likeness (QED) is 0.606. The van der Waals surface area contributed by atoms with Crippen molar-refractivity contribution in [1.82, 2.24) is 0 Å². The Hall–Kier alpha value is -1.16. The molecule has 20 heavy (non-hydrogen) atoms. The summed E-state index contributed by atoms with van der Waals surface area (Å²) in [6.45, 7) is 10.3. The summed E-state index contributed by atoms with van der Waals surface area (Å²) in [5.41, 5.74) is 1.02. The molecule has 0 bridgehead atoms. The van der Waals surface area contributed by atoms with Crippen LogP contribution in [0, 0.1) is 0 Å². The first-order valence-electron chi connectivity index (χ1n) is 7.03. The van der Waals surface area contributed by atoms with Crippen molar-refractivity contribution >= 4 is 17.7 Å². The lowest BCUT2D eigenvalue weighted by Crippen LogP contribution is -2.16. The molecule has 1 aromatic rings. The summed E-state index contributed by atoms with van der Waals surface area (Å²) < 4.78 is 11.3. The second kappa shape index (κ2) is 5.68. The van der Waals surface area contributed by atoms with E-state index in [1.54, 1.807) is 11.8 Å². The highest BCUT2D eigenvalue weighted by Gasteiger charge is 2.27. The molecule has 0 N–H and O–H groups in total. The van der Waals surface area contributed by atoms with Crippen LogP contribution in [0.25, 0.3) is 0 Å². The number of fused-ring (bicyclic) bond motifs is 1. The Kier molecular flexibility index (Phi) is 4.33. The Bertz CT molecular complexity index is 517. The fourth-order valence-electron chi connectivity index (χ4n) is 2.16. The second-order valence-electron chi connectivity index (χ2n) is 6.07. The molecule has 0 aliphatic carbocycles. The van der Waals surface area contributed by atoms with Crippen molar-refractivity contribution in [3.8, 4) is 11.5 Å². The highest BCUT2D eigenvalue weighted by atomic mass is 32.2. The molecular formula is C16H22O3S. The van der Waals surface area contributed by atoms with Crippen molar-refractivity contribution < 1.29 is 14.3 Å². The molecule has 0 fully saturated rings. The molecule has 1 heterocycles. The molecule has 110 valence electrons. The van der Waals surface area contributed by atoms with Gasteiger partial charge in [0.25, 0.3) is 0 Å². The molecule has 1 aliphatic heterocycles. The smallest absolute Gasteiger partial charge is 0.311 e. The van der Waals surface area contributed by atoms with Crippen LogP contribution in [0.15, 0.2) is 17.0 Å². The number of benzene rings is 1. The van der Waals surface area contributed by atoms with Crippen LogP contribution in [0.2, 0.25) is 0 Å². The molecule has 0 aromatic heterocycles. The van der Waals surface area contributed by atoms with Crippen molar-refractivity contribution in [2.24, 2.45) is 0 Å². The van der Waals surface area contributed by atoms with Gasteiger partial charge in [-0.2, -0.15) is 0 Å². The number of hydrogen-bond acceptors (Lipinski definition) is 4. The standard InChI is InChI=1S/C16H22O3S/c1-6-7-15(17)19-12-9-14-13(18-10(2)20-14)8-11(12)16(3,4)5/h8-10H,6-7H2,1-5H3. The van der Waals surface area contributed by atoms with E-state index in [4.69, 9.17) is 9.47 Å². The van der Waals surface area contributed by atoms with Gasteiger partial charge in [-0.05, 0) is 30.9 Å². The molecule has 2 rings (SSSR count). The van der Waals surface area contributed by atoms with Crippen molar-refractivity contribution in [2.75, 3.05) is 0 Å². The number of thioether (sulfide) groups is 1. The highest BCUT2D eigenvalue weighted by Crippen LogP contribution is 2.46. The molecule has 1 aromatic carbocycles. The van der Waals surface area contributed by atoms with Crippen LogP contribution in [0.5, 0.6) is 11.5 Å². The maximum absolute atomic E-state index is 11.8. The van der Waals surface area contributed by atoms with Crippen LogP contribution in [0.1, 0.15) is 53.0 Å². The summed E-state index contributed by atoms with van der Waals surface area (Å²) in [6, 6.07) is 3.96. The van der Waals surface area contributed by atoms with Crippen molar-refractivity contribution in [3.05, 3.63) is 17.7 Å². The van der Waals surface area contributed by atoms with Crippen LogP contribution in [0.4, 0.5) is 0 Å². The average molecular weight is 294 g/mol. The van der Waals surface area contributed by atoms with E-state index in [1.807, 2.05) is 26.0 Å². The zero-order chi connectivity index (χ0) is 14.9. The third kappa shape index (κ3) is 3.29. The van der Waals surface area contributed by atoms with Crippen molar-refractivity contribution in [2.45, 2.75) is 63.2 Å². The van der Waals surface area contributed by atoms with Gasteiger partial charge in [0.15, 0.2) is 0 Å². The molecule has 0 spiro atoms. The first kappa shape index (κ1) is 15.2. The van der Waals surface area contributed by atoms with Gasteiger partial charge in [0.05, 0.1) is 4.90 Å². The minimum Gasteiger partial charge on any atom is -0.479 e. The van der Waals surface area contributed by atoms with Gasteiger partial charge in [-0.3, -0.25) is 4.79 Å². The zero-order valence-corrected chi connectivity index (χ0v) is 13.6. The predicted octanol–water partition coefficient (Wildman–Crippen LogP) is 4.52. The van der Waals surface area contributed by atoms with E-state index in [0.717, 1.165) is 22.6 Å². The second-order valence-corrected chi connectivity index (χ2v) is 7.41. The van der Waals surface area contributed by atoms with Crippen LogP contribution in [0.3, 0.4) is 0 Å². The van der Waals surface area contributed by atoms with E-state index >= 15 is 0 Å². The molecule has 0 radical (unpaired) electrons. The number of hydrogen-bond donors (Lipinski definition) is 0. The fraction of sp³-hybridized carbons (Fsp3) is 0.562. The predicted molar refractivity (Wildman–Crippen MR) is 81.6 cm³/mol. The summed E-state index contributed by atoms with van der Waals surface area (Å²) in [4.78, 5) is 12.8. The van der Waals surface area contributed by atoms with E-state index in [1.165, 1.54) is 0 Å². The maximum atomic E-state index is 11.8. The van der Waals surface area contributed by atoms with Gasteiger partial charge >= 0.3 is 5.97 Å². The highest BCUT2D eigenvalue weighted by molar-refractivity contribution is 8.00. The summed E-state index contributed by atoms with van der Waals surface area (Å²) in [7, 11) is 0. The lowest BCUT2D eigenvalue weighted by atomic mass is 9.86. The van der Waals surface area contributed by atoms with E-state index in [9.17, 15) is 4.79 Å².